The lowest BCUT2D eigenvalue weighted by Gasteiger charge is -2.42. The van der Waals surface area contributed by atoms with Gasteiger partial charge in [0.2, 0.25) is 5.91 Å². The molecule has 0 aliphatic carbocycles. The number of nitrogens with one attached hydrogen (secondary N) is 1. The monoisotopic (exact) mass is 156 g/mol. The van der Waals surface area contributed by atoms with E-state index in [-0.39, 0.29) is 11.9 Å². The summed E-state index contributed by atoms with van der Waals surface area (Å²) in [6.45, 7) is 5.31. The van der Waals surface area contributed by atoms with Crippen molar-refractivity contribution in [3.8, 4) is 0 Å². The molecule has 1 saturated heterocycles. The third kappa shape index (κ3) is 1.53. The summed E-state index contributed by atoms with van der Waals surface area (Å²) in [7, 11) is 1.69. The van der Waals surface area contributed by atoms with Crippen LogP contribution in [0, 0.1) is 0 Å². The molecule has 0 radical (unpaired) electrons. The first kappa shape index (κ1) is 8.53. The second-order valence-corrected chi connectivity index (χ2v) is 3.25. The molecule has 1 fully saturated rings. The highest BCUT2D eigenvalue weighted by molar-refractivity contribution is 5.82. The third-order valence-corrected chi connectivity index (χ3v) is 2.27. The van der Waals surface area contributed by atoms with Crippen LogP contribution >= 0.6 is 0 Å². The zero-order valence-corrected chi connectivity index (χ0v) is 7.42. The van der Waals surface area contributed by atoms with E-state index < -0.39 is 0 Å². The minimum Gasteiger partial charge on any atom is -0.358 e. The molecule has 0 spiro atoms. The van der Waals surface area contributed by atoms with Crippen LogP contribution in [0.25, 0.3) is 0 Å². The maximum absolute atomic E-state index is 11.2. The highest BCUT2D eigenvalue weighted by Gasteiger charge is 2.34. The van der Waals surface area contributed by atoms with E-state index in [1.54, 1.807) is 7.05 Å². The summed E-state index contributed by atoms with van der Waals surface area (Å²) in [5.74, 6) is 0.157. The smallest absolute Gasteiger partial charge is 0.237 e. The summed E-state index contributed by atoms with van der Waals surface area (Å²) in [4.78, 5) is 13.4. The molecular formula is C8H16N2O. The van der Waals surface area contributed by atoms with Gasteiger partial charge in [-0.15, -0.1) is 0 Å². The van der Waals surface area contributed by atoms with Gasteiger partial charge in [-0.25, -0.2) is 0 Å². The second kappa shape index (κ2) is 3.22. The Morgan fingerprint density at radius 1 is 1.64 bits per heavy atom. The van der Waals surface area contributed by atoms with Gasteiger partial charge in [-0.2, -0.15) is 0 Å². The molecule has 1 aliphatic heterocycles. The maximum Gasteiger partial charge on any atom is 0.237 e. The van der Waals surface area contributed by atoms with E-state index >= 15 is 0 Å². The van der Waals surface area contributed by atoms with E-state index in [1.807, 2.05) is 0 Å². The molecule has 0 aromatic rings. The number of amides is 1. The standard InChI is InChI=1S/C8H16N2O/c1-6(2)10-5-4-7(10)8(11)9-3/h6-7H,4-5H2,1-3H3,(H,9,11). The van der Waals surface area contributed by atoms with Crippen LogP contribution < -0.4 is 5.32 Å². The van der Waals surface area contributed by atoms with Crippen molar-refractivity contribution >= 4 is 5.91 Å². The van der Waals surface area contributed by atoms with E-state index in [0.717, 1.165) is 13.0 Å². The number of hydrogen-bond donors (Lipinski definition) is 1. The number of likely N-dealkylation sites (N-methyl/N-ethyl adjacent to an activating group) is 1. The molecule has 0 aromatic heterocycles. The van der Waals surface area contributed by atoms with Crippen LogP contribution in [0.15, 0.2) is 0 Å². The Balaban J connectivity index is 2.43. The molecule has 1 unspecified atom stereocenters. The maximum atomic E-state index is 11.2. The van der Waals surface area contributed by atoms with E-state index in [4.69, 9.17) is 0 Å². The van der Waals surface area contributed by atoms with Crippen molar-refractivity contribution in [3.05, 3.63) is 0 Å². The molecule has 1 atom stereocenters. The molecule has 1 aliphatic rings. The first-order valence-electron chi connectivity index (χ1n) is 4.14. The molecule has 3 heteroatoms. The first-order valence-corrected chi connectivity index (χ1v) is 4.14. The third-order valence-electron chi connectivity index (χ3n) is 2.27. The second-order valence-electron chi connectivity index (χ2n) is 3.25. The number of carbonyl (C=O) groups is 1. The number of carbonyl (C=O) groups excluding carboxylic acids is 1. The summed E-state index contributed by atoms with van der Waals surface area (Å²) in [6.07, 6.45) is 1.01. The highest BCUT2D eigenvalue weighted by Crippen LogP contribution is 2.19. The lowest BCUT2D eigenvalue weighted by Crippen LogP contribution is -2.57. The molecule has 11 heavy (non-hydrogen) atoms. The van der Waals surface area contributed by atoms with Crippen LogP contribution in [-0.2, 0) is 4.79 Å². The van der Waals surface area contributed by atoms with Gasteiger partial charge in [0.15, 0.2) is 0 Å². The van der Waals surface area contributed by atoms with Crippen LogP contribution in [0.5, 0.6) is 0 Å². The van der Waals surface area contributed by atoms with Gasteiger partial charge in [-0.3, -0.25) is 9.69 Å². The van der Waals surface area contributed by atoms with Crippen LogP contribution in [-0.4, -0.2) is 36.5 Å². The Hall–Kier alpha value is -0.570. The van der Waals surface area contributed by atoms with Crippen LogP contribution in [0.3, 0.4) is 0 Å². The molecule has 1 amide bonds. The average molecular weight is 156 g/mol. The summed E-state index contributed by atoms with van der Waals surface area (Å²) >= 11 is 0. The normalized spacial score (nSPS) is 24.9. The van der Waals surface area contributed by atoms with Gasteiger partial charge in [0.25, 0.3) is 0 Å². The van der Waals surface area contributed by atoms with Gasteiger partial charge in [0.1, 0.15) is 0 Å². The Kier molecular flexibility index (Phi) is 2.49. The van der Waals surface area contributed by atoms with Gasteiger partial charge in [0.05, 0.1) is 6.04 Å². The van der Waals surface area contributed by atoms with Crippen LogP contribution in [0.4, 0.5) is 0 Å². The largest absolute Gasteiger partial charge is 0.358 e. The van der Waals surface area contributed by atoms with Crippen molar-refractivity contribution in [2.75, 3.05) is 13.6 Å². The summed E-state index contributed by atoms with van der Waals surface area (Å²) in [5, 5.41) is 2.67. The molecule has 1 heterocycles. The molecule has 0 aromatic carbocycles. The zero-order chi connectivity index (χ0) is 8.43. The summed E-state index contributed by atoms with van der Waals surface area (Å²) in [5.41, 5.74) is 0. The number of nitrogens with zero attached hydrogens (tertiary/aromatic N) is 1. The Morgan fingerprint density at radius 3 is 2.55 bits per heavy atom. The van der Waals surface area contributed by atoms with E-state index in [9.17, 15) is 4.79 Å². The zero-order valence-electron chi connectivity index (χ0n) is 7.42. The lowest BCUT2D eigenvalue weighted by atomic mass is 10.00. The van der Waals surface area contributed by atoms with Gasteiger partial charge in [0, 0.05) is 19.6 Å². The first-order chi connectivity index (χ1) is 5.16. The van der Waals surface area contributed by atoms with Gasteiger partial charge in [-0.05, 0) is 20.3 Å². The Bertz CT molecular complexity index is 156. The quantitative estimate of drug-likeness (QED) is 0.620. The minimum absolute atomic E-state index is 0.139. The molecule has 1 rings (SSSR count). The van der Waals surface area contributed by atoms with E-state index in [2.05, 4.69) is 24.1 Å². The number of rotatable bonds is 2. The molecule has 0 bridgehead atoms. The predicted molar refractivity (Wildman–Crippen MR) is 44.3 cm³/mol. The van der Waals surface area contributed by atoms with Crippen molar-refractivity contribution in [2.24, 2.45) is 0 Å². The lowest BCUT2D eigenvalue weighted by molar-refractivity contribution is -0.131. The van der Waals surface area contributed by atoms with Crippen molar-refractivity contribution in [2.45, 2.75) is 32.4 Å². The fraction of sp³-hybridized carbons (Fsp3) is 0.875. The molecule has 1 N–H and O–H groups in total. The fourth-order valence-corrected chi connectivity index (χ4v) is 1.47. The van der Waals surface area contributed by atoms with E-state index in [1.165, 1.54) is 0 Å². The number of hydrogen-bond acceptors (Lipinski definition) is 2. The van der Waals surface area contributed by atoms with Crippen molar-refractivity contribution < 1.29 is 4.79 Å². The molecule has 3 nitrogen and oxygen atoms in total. The van der Waals surface area contributed by atoms with Crippen molar-refractivity contribution in [1.82, 2.24) is 10.2 Å². The van der Waals surface area contributed by atoms with Gasteiger partial charge in [-0.1, -0.05) is 0 Å². The molecule has 64 valence electrons. The average Bonchev–Trinajstić information content (AvgIpc) is 1.83. The van der Waals surface area contributed by atoms with Crippen molar-refractivity contribution in [1.29, 1.82) is 0 Å². The van der Waals surface area contributed by atoms with Gasteiger partial charge < -0.3 is 5.32 Å². The van der Waals surface area contributed by atoms with Crippen molar-refractivity contribution in [3.63, 3.8) is 0 Å². The predicted octanol–water partition coefficient (Wildman–Crippen LogP) is 0.215. The van der Waals surface area contributed by atoms with E-state index in [0.29, 0.717) is 6.04 Å². The van der Waals surface area contributed by atoms with Crippen LogP contribution in [0.2, 0.25) is 0 Å². The summed E-state index contributed by atoms with van der Waals surface area (Å²) < 4.78 is 0. The van der Waals surface area contributed by atoms with Gasteiger partial charge >= 0.3 is 0 Å². The number of likely N-dealkylation sites (tertiary alicyclic amines) is 1. The highest BCUT2D eigenvalue weighted by atomic mass is 16.2. The van der Waals surface area contributed by atoms with Crippen LogP contribution in [0.1, 0.15) is 20.3 Å². The molecular weight excluding hydrogens is 140 g/mol. The minimum atomic E-state index is 0.139. The molecule has 0 saturated carbocycles. The SMILES string of the molecule is CNC(=O)C1CCN1C(C)C. The Labute approximate surface area is 67.8 Å². The topological polar surface area (TPSA) is 32.3 Å². The fourth-order valence-electron chi connectivity index (χ4n) is 1.47. The summed E-state index contributed by atoms with van der Waals surface area (Å²) in [6, 6.07) is 0.631. The Morgan fingerprint density at radius 2 is 2.27 bits per heavy atom.